The zero-order valence-electron chi connectivity index (χ0n) is 56.5. The Balaban J connectivity index is 0.00000778. The summed E-state index contributed by atoms with van der Waals surface area (Å²) in [5.74, 6) is 7.75. The summed E-state index contributed by atoms with van der Waals surface area (Å²) in [7, 11) is 0. The normalized spacial score (nSPS) is 12.1. The molecule has 16 bridgehead atoms. The van der Waals surface area contributed by atoms with Gasteiger partial charge in [0.05, 0.1) is 67.8 Å². The second-order valence-electron chi connectivity index (χ2n) is 26.1. The molecular formula is C91H64N6OSZn. The summed E-state index contributed by atoms with van der Waals surface area (Å²) >= 11 is 1.69. The summed E-state index contributed by atoms with van der Waals surface area (Å²) in [6.07, 6.45) is 14.9. The zero-order valence-corrected chi connectivity index (χ0v) is 60.3. The first-order chi connectivity index (χ1) is 48.4. The van der Waals surface area contributed by atoms with Crippen molar-refractivity contribution in [2.75, 3.05) is 0 Å². The van der Waals surface area contributed by atoms with Gasteiger partial charge in [-0.05, 0) is 176 Å². The first kappa shape index (κ1) is 63.1. The molecule has 7 nitrogen and oxygen atoms in total. The smallest absolute Gasteiger partial charge is 0.657 e. The first-order valence-corrected chi connectivity index (χ1v) is 34.3. The van der Waals surface area contributed by atoms with E-state index >= 15 is 0 Å². The van der Waals surface area contributed by atoms with Crippen LogP contribution in [-0.4, -0.2) is 19.9 Å². The van der Waals surface area contributed by atoms with E-state index in [1.165, 1.54) is 16.7 Å². The van der Waals surface area contributed by atoms with Crippen molar-refractivity contribution in [3.05, 3.63) is 308 Å². The van der Waals surface area contributed by atoms with E-state index in [0.29, 0.717) is 28.1 Å². The molecule has 0 fully saturated rings. The maximum Gasteiger partial charge on any atom is 2.00 e. The van der Waals surface area contributed by atoms with E-state index in [2.05, 4.69) is 321 Å². The molecule has 7 aromatic carbocycles. The molecule has 17 rings (SSSR count). The predicted molar refractivity (Wildman–Crippen MR) is 414 cm³/mol. The predicted octanol–water partition coefficient (Wildman–Crippen LogP) is 23.1. The third kappa shape index (κ3) is 11.9. The molecule has 472 valence electrons. The molecule has 13 aromatic rings. The van der Waals surface area contributed by atoms with Crippen LogP contribution in [0.2, 0.25) is 0 Å². The number of furan rings is 1. The van der Waals surface area contributed by atoms with Gasteiger partial charge in [-0.2, -0.15) is 0 Å². The van der Waals surface area contributed by atoms with Gasteiger partial charge >= 0.3 is 19.5 Å². The van der Waals surface area contributed by atoms with E-state index in [9.17, 15) is 0 Å². The molecule has 4 aliphatic rings. The molecule has 4 aliphatic heterocycles. The Hall–Kier alpha value is -11.7. The molecular weight excluding hydrogens is 1290 g/mol. The van der Waals surface area contributed by atoms with Gasteiger partial charge in [0.2, 0.25) is 0 Å². The molecule has 0 amide bonds. The van der Waals surface area contributed by atoms with Crippen molar-refractivity contribution in [3.63, 3.8) is 0 Å². The van der Waals surface area contributed by atoms with Crippen molar-refractivity contribution < 1.29 is 23.9 Å². The number of nitrogens with zero attached hydrogens (tertiary/aromatic N) is 6. The fourth-order valence-electron chi connectivity index (χ4n) is 13.6. The Kier molecular flexibility index (Phi) is 16.4. The minimum atomic E-state index is 0. The summed E-state index contributed by atoms with van der Waals surface area (Å²) in [5.41, 5.74) is 33.5. The van der Waals surface area contributed by atoms with Gasteiger partial charge in [0.1, 0.15) is 11.2 Å². The Morgan fingerprint density at radius 1 is 0.280 bits per heavy atom. The third-order valence-corrected chi connectivity index (χ3v) is 20.0. The molecule has 0 atom stereocenters. The van der Waals surface area contributed by atoms with Gasteiger partial charge in [0.25, 0.3) is 0 Å². The van der Waals surface area contributed by atoms with Crippen LogP contribution in [0.5, 0.6) is 0 Å². The molecule has 0 radical (unpaired) electrons. The minimum absolute atomic E-state index is 0. The maximum absolute atomic E-state index is 7.17. The molecule has 9 heteroatoms. The quantitative estimate of drug-likeness (QED) is 0.116. The Morgan fingerprint density at radius 2 is 0.580 bits per heavy atom. The molecule has 0 aliphatic carbocycles. The number of aryl methyl sites for hydroxylation is 7. The first-order valence-electron chi connectivity index (χ1n) is 33.5. The topological polar surface area (TPSA) is 92.9 Å². The van der Waals surface area contributed by atoms with E-state index in [0.717, 1.165) is 171 Å². The average molecular weight is 1360 g/mol. The Morgan fingerprint density at radius 3 is 0.980 bits per heavy atom. The van der Waals surface area contributed by atoms with Crippen LogP contribution in [0.25, 0.3) is 169 Å². The number of aromatic nitrogens is 6. The largest absolute Gasteiger partial charge is 2.00 e. The van der Waals surface area contributed by atoms with Crippen LogP contribution >= 0.6 is 11.3 Å². The van der Waals surface area contributed by atoms with Crippen molar-refractivity contribution in [2.24, 2.45) is 0 Å². The standard InChI is InChI=1S/C91H64N6OS.Zn/c1-53-8-22-60(23-9-53)84-70-40-41-71(93-70)85(61-24-10-54(2)11-25-61)73-44-47-78(95-73)90(66-34-20-59(7)21-35-66)91-67(52-79(97-91)86(74-43-42-72(84)94-74)62-26-12-55(3)13-27-62)36-37-68-69-38-39-75(92-69)87(63-28-14-56(4)15-29-63)80-48-49-81(98-80)88(64-30-16-57(5)17-31-64)76-45-46-77(96-76)89(83-51-50-82(68)99-83)65-32-18-58(6)19-33-65;/h8-35,38-52H,1-7H3;/q-2;+2. The number of rotatable bonds is 7. The number of hydrogen-bond acceptors (Lipinski definition) is 6. The second-order valence-corrected chi connectivity index (χ2v) is 27.2. The van der Waals surface area contributed by atoms with E-state index in [1.54, 1.807) is 11.3 Å². The molecule has 0 saturated carbocycles. The zero-order chi connectivity index (χ0) is 67.0. The maximum atomic E-state index is 7.17. The summed E-state index contributed by atoms with van der Waals surface area (Å²) in [4.78, 5) is 34.0. The van der Waals surface area contributed by atoms with Crippen LogP contribution in [0.3, 0.4) is 0 Å². The van der Waals surface area contributed by atoms with Crippen LogP contribution in [0.4, 0.5) is 0 Å². The van der Waals surface area contributed by atoms with Crippen LogP contribution in [0.1, 0.15) is 90.1 Å². The van der Waals surface area contributed by atoms with Crippen molar-refractivity contribution in [3.8, 4) is 89.7 Å². The van der Waals surface area contributed by atoms with Gasteiger partial charge in [0.15, 0.2) is 0 Å². The average Bonchev–Trinajstić information content (AvgIpc) is 1.61. The molecule has 100 heavy (non-hydrogen) atoms. The Bertz CT molecular complexity index is 6000. The van der Waals surface area contributed by atoms with Crippen LogP contribution in [0.15, 0.2) is 223 Å². The molecule has 10 heterocycles. The third-order valence-electron chi connectivity index (χ3n) is 18.9. The van der Waals surface area contributed by atoms with Crippen molar-refractivity contribution in [1.29, 1.82) is 0 Å². The van der Waals surface area contributed by atoms with Gasteiger partial charge < -0.3 is 14.4 Å². The summed E-state index contributed by atoms with van der Waals surface area (Å²) < 4.78 is 9.15. The van der Waals surface area contributed by atoms with Gasteiger partial charge in [-0.25, -0.2) is 19.9 Å². The van der Waals surface area contributed by atoms with E-state index < -0.39 is 0 Å². The fraction of sp³-hybridized carbons (Fsp3) is 0.0769. The number of thiophene rings is 1. The van der Waals surface area contributed by atoms with Crippen LogP contribution < -0.4 is 9.97 Å². The fourth-order valence-corrected chi connectivity index (χ4v) is 14.7. The SMILES string of the molecule is Cc1ccc(-c2c3nc(c(-c4ccc(C)cc4)c4ccc([n-]4)c(-c4ccc(C)cc4)c4nc(c(-c5ccc(C)cc5)c5ccc2[n-]5)C=C4C#Cc2c4nc(c(-c5ccc(C)cc5)c5ccc(o5)c(-c5ccc(C)cc5)c5nc(c(-c6ccc(C)cc6)c6ccc2s6)C=C5)C=C4)C=C3)cc1.[Zn+2]. The second kappa shape index (κ2) is 26.0. The molecule has 0 saturated heterocycles. The number of hydrogen-bond donors (Lipinski definition) is 0. The van der Waals surface area contributed by atoms with Crippen molar-refractivity contribution >= 4 is 102 Å². The monoisotopic (exact) mass is 1350 g/mol. The van der Waals surface area contributed by atoms with E-state index in [1.807, 2.05) is 0 Å². The van der Waals surface area contributed by atoms with E-state index in [-0.39, 0.29) is 19.5 Å². The van der Waals surface area contributed by atoms with Crippen LogP contribution in [-0.2, 0) is 19.5 Å². The van der Waals surface area contributed by atoms with Crippen molar-refractivity contribution in [1.82, 2.24) is 29.9 Å². The number of fused-ring (bicyclic) bond motifs is 16. The number of benzene rings is 7. The van der Waals surface area contributed by atoms with Gasteiger partial charge in [-0.15, -0.1) is 33.4 Å². The number of allylic oxidation sites excluding steroid dienone is 1. The van der Waals surface area contributed by atoms with Gasteiger partial charge in [-0.1, -0.05) is 245 Å². The van der Waals surface area contributed by atoms with Crippen molar-refractivity contribution in [2.45, 2.75) is 48.5 Å². The summed E-state index contributed by atoms with van der Waals surface area (Å²) in [6, 6.07) is 77.6. The molecule has 6 aromatic heterocycles. The molecule has 0 N–H and O–H groups in total. The summed E-state index contributed by atoms with van der Waals surface area (Å²) in [6.45, 7) is 14.8. The van der Waals surface area contributed by atoms with Gasteiger partial charge in [-0.3, -0.25) is 0 Å². The van der Waals surface area contributed by atoms with E-state index in [4.69, 9.17) is 34.3 Å². The minimum Gasteiger partial charge on any atom is -0.657 e. The summed E-state index contributed by atoms with van der Waals surface area (Å²) in [5, 5.41) is 0. The van der Waals surface area contributed by atoms with Gasteiger partial charge in [0, 0.05) is 15.0 Å². The molecule has 0 spiro atoms. The van der Waals surface area contributed by atoms with Crippen LogP contribution in [0, 0.1) is 60.3 Å². The molecule has 0 unspecified atom stereocenters. The Labute approximate surface area is 598 Å².